The first-order chi connectivity index (χ1) is 5.27. The predicted octanol–water partition coefficient (Wildman–Crippen LogP) is 2.38. The second-order valence-corrected chi connectivity index (χ2v) is 3.99. The van der Waals surface area contributed by atoms with Gasteiger partial charge in [0.05, 0.1) is 12.7 Å². The first-order valence-electron chi connectivity index (χ1n) is 4.56. The topological polar surface area (TPSA) is 9.23 Å². The maximum absolute atomic E-state index is 5.66. The fourth-order valence-electron chi connectivity index (χ4n) is 2.21. The predicted molar refractivity (Wildman–Crippen MR) is 45.4 cm³/mol. The fraction of sp³-hybridized carbons (Fsp3) is 0.800. The van der Waals surface area contributed by atoms with Gasteiger partial charge in [0.25, 0.3) is 0 Å². The molecule has 1 fully saturated rings. The molecule has 0 bridgehead atoms. The average molecular weight is 152 g/mol. The molecule has 2 rings (SSSR count). The summed E-state index contributed by atoms with van der Waals surface area (Å²) in [4.78, 5) is 0. The van der Waals surface area contributed by atoms with E-state index in [1.54, 1.807) is 0 Å². The molecule has 0 N–H and O–H groups in total. The van der Waals surface area contributed by atoms with Gasteiger partial charge in [-0.25, -0.2) is 0 Å². The summed E-state index contributed by atoms with van der Waals surface area (Å²) < 4.78 is 5.66. The van der Waals surface area contributed by atoms with Crippen LogP contribution in [0.3, 0.4) is 0 Å². The summed E-state index contributed by atoms with van der Waals surface area (Å²) in [6.45, 7) is 5.49. The van der Waals surface area contributed by atoms with Crippen LogP contribution in [-0.2, 0) is 4.74 Å². The summed E-state index contributed by atoms with van der Waals surface area (Å²) in [5.74, 6) is 1.60. The molecule has 1 saturated heterocycles. The van der Waals surface area contributed by atoms with Gasteiger partial charge in [-0.1, -0.05) is 18.6 Å². The third-order valence-electron chi connectivity index (χ3n) is 3.03. The van der Waals surface area contributed by atoms with Crippen molar-refractivity contribution in [2.45, 2.75) is 32.8 Å². The molecule has 0 saturated carbocycles. The second-order valence-electron chi connectivity index (χ2n) is 3.99. The SMILES string of the molecule is CC1=C[C@@H]2OC[C@@H](C)[C@@H]2CC1. The van der Waals surface area contributed by atoms with E-state index in [9.17, 15) is 0 Å². The zero-order valence-electron chi connectivity index (χ0n) is 7.34. The van der Waals surface area contributed by atoms with Crippen LogP contribution in [0.1, 0.15) is 26.7 Å². The van der Waals surface area contributed by atoms with Gasteiger partial charge in [-0.2, -0.15) is 0 Å². The van der Waals surface area contributed by atoms with Gasteiger partial charge in [0.1, 0.15) is 0 Å². The van der Waals surface area contributed by atoms with E-state index in [4.69, 9.17) is 4.74 Å². The van der Waals surface area contributed by atoms with Crippen LogP contribution >= 0.6 is 0 Å². The first-order valence-corrected chi connectivity index (χ1v) is 4.56. The van der Waals surface area contributed by atoms with Gasteiger partial charge in [0, 0.05) is 0 Å². The molecule has 0 spiro atoms. The van der Waals surface area contributed by atoms with Gasteiger partial charge in [0.2, 0.25) is 0 Å². The van der Waals surface area contributed by atoms with Crippen molar-refractivity contribution in [1.29, 1.82) is 0 Å². The molecule has 1 heterocycles. The second kappa shape index (κ2) is 2.63. The van der Waals surface area contributed by atoms with Crippen LogP contribution in [0.4, 0.5) is 0 Å². The Bertz CT molecular complexity index is 183. The van der Waals surface area contributed by atoms with Crippen LogP contribution in [-0.4, -0.2) is 12.7 Å². The lowest BCUT2D eigenvalue weighted by molar-refractivity contribution is 0.120. The van der Waals surface area contributed by atoms with E-state index in [1.807, 2.05) is 0 Å². The Hall–Kier alpha value is -0.300. The minimum absolute atomic E-state index is 0.457. The minimum Gasteiger partial charge on any atom is -0.374 e. The van der Waals surface area contributed by atoms with Gasteiger partial charge in [-0.15, -0.1) is 0 Å². The number of ether oxygens (including phenoxy) is 1. The monoisotopic (exact) mass is 152 g/mol. The average Bonchev–Trinajstić information content (AvgIpc) is 2.32. The quantitative estimate of drug-likeness (QED) is 0.484. The number of allylic oxidation sites excluding steroid dienone is 1. The molecule has 0 aromatic heterocycles. The van der Waals surface area contributed by atoms with Crippen molar-refractivity contribution >= 4 is 0 Å². The highest BCUT2D eigenvalue weighted by Gasteiger charge is 2.34. The number of hydrogen-bond donors (Lipinski definition) is 0. The largest absolute Gasteiger partial charge is 0.374 e. The van der Waals surface area contributed by atoms with Crippen LogP contribution in [0, 0.1) is 11.8 Å². The highest BCUT2D eigenvalue weighted by molar-refractivity contribution is 5.10. The molecule has 1 heteroatoms. The summed E-state index contributed by atoms with van der Waals surface area (Å²) in [6, 6.07) is 0. The van der Waals surface area contributed by atoms with Crippen molar-refractivity contribution in [2.24, 2.45) is 11.8 Å². The number of fused-ring (bicyclic) bond motifs is 1. The standard InChI is InChI=1S/C10H16O/c1-7-3-4-9-8(2)6-11-10(9)5-7/h5,8-10H,3-4,6H2,1-2H3/t8-,9+,10+/m1/s1. The lowest BCUT2D eigenvalue weighted by Crippen LogP contribution is -2.20. The van der Waals surface area contributed by atoms with Crippen molar-refractivity contribution in [1.82, 2.24) is 0 Å². The van der Waals surface area contributed by atoms with Crippen molar-refractivity contribution in [3.8, 4) is 0 Å². The molecule has 0 unspecified atom stereocenters. The fourth-order valence-corrected chi connectivity index (χ4v) is 2.21. The molecule has 1 aliphatic heterocycles. The van der Waals surface area contributed by atoms with Crippen molar-refractivity contribution in [3.05, 3.63) is 11.6 Å². The van der Waals surface area contributed by atoms with Crippen LogP contribution in [0.2, 0.25) is 0 Å². The summed E-state index contributed by atoms with van der Waals surface area (Å²) in [6.07, 6.45) is 5.40. The molecule has 1 nitrogen and oxygen atoms in total. The zero-order chi connectivity index (χ0) is 7.84. The third-order valence-corrected chi connectivity index (χ3v) is 3.03. The maximum atomic E-state index is 5.66. The first kappa shape index (κ1) is 7.35. The molecule has 2 aliphatic rings. The number of hydrogen-bond acceptors (Lipinski definition) is 1. The molecule has 0 aromatic carbocycles. The summed E-state index contributed by atoms with van der Waals surface area (Å²) in [5, 5.41) is 0. The van der Waals surface area contributed by atoms with E-state index >= 15 is 0 Å². The highest BCUT2D eigenvalue weighted by Crippen LogP contribution is 2.36. The number of rotatable bonds is 0. The third kappa shape index (κ3) is 1.22. The van der Waals surface area contributed by atoms with E-state index in [1.165, 1.54) is 18.4 Å². The molecule has 3 atom stereocenters. The van der Waals surface area contributed by atoms with Crippen LogP contribution in [0.15, 0.2) is 11.6 Å². The Kier molecular flexibility index (Phi) is 1.76. The van der Waals surface area contributed by atoms with Crippen LogP contribution < -0.4 is 0 Å². The summed E-state index contributed by atoms with van der Waals surface area (Å²) in [5.41, 5.74) is 1.51. The maximum Gasteiger partial charge on any atom is 0.0790 e. The lowest BCUT2D eigenvalue weighted by Gasteiger charge is -2.23. The van der Waals surface area contributed by atoms with E-state index in [-0.39, 0.29) is 0 Å². The van der Waals surface area contributed by atoms with Crippen LogP contribution in [0.5, 0.6) is 0 Å². The van der Waals surface area contributed by atoms with Crippen molar-refractivity contribution in [3.63, 3.8) is 0 Å². The molecule has 0 amide bonds. The van der Waals surface area contributed by atoms with E-state index in [2.05, 4.69) is 19.9 Å². The highest BCUT2D eigenvalue weighted by atomic mass is 16.5. The zero-order valence-corrected chi connectivity index (χ0v) is 7.34. The normalized spacial score (nSPS) is 43.5. The summed E-state index contributed by atoms with van der Waals surface area (Å²) >= 11 is 0. The van der Waals surface area contributed by atoms with Gasteiger partial charge in [0.15, 0.2) is 0 Å². The van der Waals surface area contributed by atoms with Gasteiger partial charge < -0.3 is 4.74 Å². The molecular weight excluding hydrogens is 136 g/mol. The van der Waals surface area contributed by atoms with Crippen LogP contribution in [0.25, 0.3) is 0 Å². The van der Waals surface area contributed by atoms with Crippen molar-refractivity contribution in [2.75, 3.05) is 6.61 Å². The Morgan fingerprint density at radius 2 is 2.36 bits per heavy atom. The van der Waals surface area contributed by atoms with Gasteiger partial charge in [-0.05, 0) is 31.6 Å². The Labute approximate surface area is 68.4 Å². The molecule has 1 aliphatic carbocycles. The molecular formula is C10H16O. The van der Waals surface area contributed by atoms with Crippen molar-refractivity contribution < 1.29 is 4.74 Å². The van der Waals surface area contributed by atoms with E-state index in [0.29, 0.717) is 6.10 Å². The Morgan fingerprint density at radius 1 is 1.55 bits per heavy atom. The molecule has 11 heavy (non-hydrogen) atoms. The Morgan fingerprint density at radius 3 is 3.18 bits per heavy atom. The lowest BCUT2D eigenvalue weighted by atomic mass is 9.82. The van der Waals surface area contributed by atoms with Gasteiger partial charge >= 0.3 is 0 Å². The molecule has 0 radical (unpaired) electrons. The molecule has 62 valence electrons. The smallest absolute Gasteiger partial charge is 0.0790 e. The minimum atomic E-state index is 0.457. The molecule has 0 aromatic rings. The Balaban J connectivity index is 2.14. The summed E-state index contributed by atoms with van der Waals surface area (Å²) in [7, 11) is 0. The van der Waals surface area contributed by atoms with Gasteiger partial charge in [-0.3, -0.25) is 0 Å². The van der Waals surface area contributed by atoms with E-state index in [0.717, 1.165) is 18.4 Å². The van der Waals surface area contributed by atoms with E-state index < -0.39 is 0 Å².